The first-order valence-corrected chi connectivity index (χ1v) is 26.2. The molecule has 0 N–H and O–H groups in total. The van der Waals surface area contributed by atoms with Crippen molar-refractivity contribution >= 4 is 48.1 Å². The summed E-state index contributed by atoms with van der Waals surface area (Å²) < 4.78 is 0. The second-order valence-electron chi connectivity index (χ2n) is 15.7. The van der Waals surface area contributed by atoms with Gasteiger partial charge in [-0.05, 0) is 51.8 Å². The normalized spacial score (nSPS) is 12.9. The maximum absolute atomic E-state index is 4.93. The Bertz CT molecular complexity index is 1940. The van der Waals surface area contributed by atoms with Crippen LogP contribution in [0.1, 0.15) is 94.5 Å². The molecule has 0 amide bonds. The second-order valence-corrected chi connectivity index (χ2v) is 20.5. The van der Waals surface area contributed by atoms with Crippen LogP contribution in [0.15, 0.2) is 103 Å². The molecule has 1 saturated carbocycles. The molecule has 6 aromatic carbocycles. The van der Waals surface area contributed by atoms with Crippen molar-refractivity contribution in [1.82, 2.24) is 0 Å². The third-order valence-corrected chi connectivity index (χ3v) is 9.72. The van der Waals surface area contributed by atoms with Crippen molar-refractivity contribution in [2.75, 3.05) is 0 Å². The van der Waals surface area contributed by atoms with Crippen LogP contribution in [0.5, 0.6) is 0 Å². The van der Waals surface area contributed by atoms with Crippen molar-refractivity contribution in [1.29, 1.82) is 0 Å². The summed E-state index contributed by atoms with van der Waals surface area (Å²) in [6.07, 6.45) is 4.13. The summed E-state index contributed by atoms with van der Waals surface area (Å²) in [5.41, 5.74) is 12.8. The van der Waals surface area contributed by atoms with Crippen LogP contribution in [-0.2, 0) is 31.7 Å². The first-order chi connectivity index (χ1) is 23.7. The van der Waals surface area contributed by atoms with Crippen molar-refractivity contribution in [3.05, 3.63) is 131 Å². The molecule has 1 aliphatic rings. The van der Waals surface area contributed by atoms with Gasteiger partial charge in [0.25, 0.3) is 0 Å². The summed E-state index contributed by atoms with van der Waals surface area (Å²) in [6.45, 7) is 22.2. The molecule has 0 aromatic heterocycles. The first-order valence-electron chi connectivity index (χ1n) is 17.8. The molecule has 260 valence electrons. The molecule has 0 heterocycles. The van der Waals surface area contributed by atoms with Crippen LogP contribution in [0.4, 0.5) is 0 Å². The van der Waals surface area contributed by atoms with Gasteiger partial charge in [0, 0.05) is 9.52 Å². The van der Waals surface area contributed by atoms with Crippen molar-refractivity contribution in [2.24, 2.45) is 0 Å². The molecule has 0 nitrogen and oxygen atoms in total. The molecule has 4 heteroatoms. The maximum atomic E-state index is 4.93. The van der Waals surface area contributed by atoms with E-state index in [1.807, 2.05) is 0 Å². The molecule has 0 bridgehead atoms. The minimum absolute atomic E-state index is 0.206. The fourth-order valence-corrected chi connectivity index (χ4v) is 6.63. The standard InChI is InChI=1S/C23H25.C21H23.C2H6Si.2ClH.Zr/c1-23(2,3)20-12-10-17(11-13-20)21-9-5-8-18-14-19(15-22(18)21)16-6-4-7-16;1-14-12-19-15(2)6-11-18(20(19)13-14)16-7-9-17(10-8-16)21(3,4)5;1-3-2;;;/h5,8-16H,4,6-7H2,1-3H3;6-13H,1-5H3;1-2H3;2*1H;/q2*-1;;;;+4/p-2. The summed E-state index contributed by atoms with van der Waals surface area (Å²) in [7, 11) is 11.0. The van der Waals surface area contributed by atoms with E-state index in [2.05, 4.69) is 172 Å². The van der Waals surface area contributed by atoms with E-state index in [0.717, 1.165) is 15.4 Å². The monoisotopic (exact) mass is 794 g/mol. The van der Waals surface area contributed by atoms with E-state index < -0.39 is 20.8 Å². The van der Waals surface area contributed by atoms with Crippen LogP contribution in [0.25, 0.3) is 43.8 Å². The van der Waals surface area contributed by atoms with Crippen molar-refractivity contribution in [3.63, 3.8) is 0 Å². The Balaban J connectivity index is 0.000000195. The van der Waals surface area contributed by atoms with Gasteiger partial charge in [-0.2, -0.15) is 12.1 Å². The fourth-order valence-electron chi connectivity index (χ4n) is 6.63. The van der Waals surface area contributed by atoms with Gasteiger partial charge in [0.15, 0.2) is 0 Å². The van der Waals surface area contributed by atoms with Crippen molar-refractivity contribution in [3.8, 4) is 22.3 Å². The Labute approximate surface area is 324 Å². The first kappa shape index (κ1) is 40.5. The van der Waals surface area contributed by atoms with E-state index in [9.17, 15) is 0 Å². The van der Waals surface area contributed by atoms with E-state index in [0.29, 0.717) is 0 Å². The molecule has 50 heavy (non-hydrogen) atoms. The predicted octanol–water partition coefficient (Wildman–Crippen LogP) is 15.1. The average Bonchev–Trinajstić information content (AvgIpc) is 3.64. The Morgan fingerprint density at radius 1 is 0.660 bits per heavy atom. The number of rotatable bonds is 3. The summed E-state index contributed by atoms with van der Waals surface area (Å²) in [5, 5.41) is 5.56. The third-order valence-electron chi connectivity index (χ3n) is 9.72. The van der Waals surface area contributed by atoms with Crippen LogP contribution in [0, 0.1) is 13.8 Å². The number of halogens is 2. The van der Waals surface area contributed by atoms with Crippen LogP contribution >= 0.6 is 17.0 Å². The van der Waals surface area contributed by atoms with Gasteiger partial charge >= 0.3 is 37.9 Å². The zero-order valence-corrected chi connectivity index (χ0v) is 36.7. The molecule has 2 radical (unpaired) electrons. The molecule has 0 unspecified atom stereocenters. The van der Waals surface area contributed by atoms with Crippen LogP contribution in [-0.4, -0.2) is 9.52 Å². The van der Waals surface area contributed by atoms with Gasteiger partial charge in [-0.3, -0.25) is 0 Å². The van der Waals surface area contributed by atoms with E-state index in [1.54, 1.807) is 5.56 Å². The number of aryl methyl sites for hydroxylation is 2. The third kappa shape index (κ3) is 10.2. The molecule has 1 aliphatic carbocycles. The molecule has 0 saturated heterocycles. The molecule has 6 aromatic rings. The fraction of sp³-hybridized carbons (Fsp3) is 0.348. The van der Waals surface area contributed by atoms with Gasteiger partial charge in [-0.1, -0.05) is 147 Å². The number of benzene rings is 4. The predicted molar refractivity (Wildman–Crippen MR) is 223 cm³/mol. The van der Waals surface area contributed by atoms with E-state index in [4.69, 9.17) is 17.0 Å². The van der Waals surface area contributed by atoms with Gasteiger partial charge in [0.05, 0.1) is 0 Å². The Kier molecular flexibility index (Phi) is 14.6. The van der Waals surface area contributed by atoms with Crippen molar-refractivity contribution in [2.45, 2.75) is 104 Å². The topological polar surface area (TPSA) is 0 Å². The quantitative estimate of drug-likeness (QED) is 0.124. The van der Waals surface area contributed by atoms with Gasteiger partial charge in [0.2, 0.25) is 0 Å². The molecule has 0 atom stereocenters. The number of fused-ring (bicyclic) bond motifs is 2. The van der Waals surface area contributed by atoms with Gasteiger partial charge in [-0.25, -0.2) is 0 Å². The van der Waals surface area contributed by atoms with Gasteiger partial charge in [-0.15, -0.1) is 68.6 Å². The summed E-state index contributed by atoms with van der Waals surface area (Å²) >= 11 is -0.826. The molecule has 0 spiro atoms. The summed E-state index contributed by atoms with van der Waals surface area (Å²) in [4.78, 5) is 0. The molecule has 1 fully saturated rings. The zero-order chi connectivity index (χ0) is 36.6. The average molecular weight is 797 g/mol. The van der Waals surface area contributed by atoms with Crippen LogP contribution < -0.4 is 0 Å². The van der Waals surface area contributed by atoms with E-state index in [-0.39, 0.29) is 10.8 Å². The number of hydrogen-bond donors (Lipinski definition) is 0. The Morgan fingerprint density at radius 3 is 1.62 bits per heavy atom. The molecular formula is C46H54Cl2SiZr. The summed E-state index contributed by atoms with van der Waals surface area (Å²) in [5.74, 6) is 0.804. The van der Waals surface area contributed by atoms with Gasteiger partial charge < -0.3 is 0 Å². The molecule has 7 rings (SSSR count). The zero-order valence-electron chi connectivity index (χ0n) is 31.8. The van der Waals surface area contributed by atoms with Crippen LogP contribution in [0.2, 0.25) is 13.1 Å². The number of hydrogen-bond acceptors (Lipinski definition) is 0. The van der Waals surface area contributed by atoms with E-state index in [1.165, 1.54) is 85.3 Å². The van der Waals surface area contributed by atoms with Crippen LogP contribution in [0.3, 0.4) is 0 Å². The SMILES string of the molecule is CC(C)(C)c1ccc(-c2cccc3[cH-]c(C4CCC4)cc23)cc1.C[Si]C.Cc1cc2c(-c3ccc(C(C)(C)C)cc3)ccc(C)c2[cH-]1.[Cl][Zr+2][Cl]. The van der Waals surface area contributed by atoms with Gasteiger partial charge in [0.1, 0.15) is 0 Å². The van der Waals surface area contributed by atoms with Crippen molar-refractivity contribution < 1.29 is 20.8 Å². The Morgan fingerprint density at radius 2 is 1.16 bits per heavy atom. The molecular weight excluding hydrogens is 743 g/mol. The second kappa shape index (κ2) is 18.0. The molecule has 0 aliphatic heterocycles. The van der Waals surface area contributed by atoms with E-state index >= 15 is 0 Å². The Hall–Kier alpha value is -2.22. The summed E-state index contributed by atoms with van der Waals surface area (Å²) in [6, 6.07) is 38.8. The minimum atomic E-state index is -0.826.